The normalized spacial score (nSPS) is 12.7. The lowest BCUT2D eigenvalue weighted by Gasteiger charge is -2.15. The summed E-state index contributed by atoms with van der Waals surface area (Å²) in [6.45, 7) is 8.94. The summed E-state index contributed by atoms with van der Waals surface area (Å²) >= 11 is 6.56. The van der Waals surface area contributed by atoms with Crippen molar-refractivity contribution in [3.63, 3.8) is 0 Å². The summed E-state index contributed by atoms with van der Waals surface area (Å²) in [4.78, 5) is 14.2. The van der Waals surface area contributed by atoms with Crippen molar-refractivity contribution in [1.82, 2.24) is 19.5 Å². The van der Waals surface area contributed by atoms with Crippen molar-refractivity contribution in [2.24, 2.45) is 0 Å². The summed E-state index contributed by atoms with van der Waals surface area (Å²) < 4.78 is 7.35. The minimum atomic E-state index is 0.141. The van der Waals surface area contributed by atoms with Crippen molar-refractivity contribution in [3.8, 4) is 11.3 Å². The van der Waals surface area contributed by atoms with Gasteiger partial charge in [-0.15, -0.1) is 0 Å². The molecular weight excluding hydrogens is 362 g/mol. The fourth-order valence-electron chi connectivity index (χ4n) is 3.19. The summed E-state index contributed by atoms with van der Waals surface area (Å²) in [6.07, 6.45) is 2.05. The third-order valence-corrected chi connectivity index (χ3v) is 4.93. The van der Waals surface area contributed by atoms with Crippen LogP contribution in [0.25, 0.3) is 22.4 Å². The number of ether oxygens (including phenoxy) is 1. The van der Waals surface area contributed by atoms with Crippen LogP contribution in [0.4, 0.5) is 5.82 Å². The highest BCUT2D eigenvalue weighted by Gasteiger charge is 2.19. The molecule has 3 heterocycles. The Morgan fingerprint density at radius 3 is 2.56 bits per heavy atom. The number of hydrogen-bond donors (Lipinski definition) is 1. The second kappa shape index (κ2) is 7.82. The molecule has 0 bridgehead atoms. The molecule has 27 heavy (non-hydrogen) atoms. The van der Waals surface area contributed by atoms with Crippen LogP contribution in [0.5, 0.6) is 0 Å². The molecule has 0 amide bonds. The Bertz CT molecular complexity index is 967. The van der Waals surface area contributed by atoms with Gasteiger partial charge < -0.3 is 14.6 Å². The van der Waals surface area contributed by atoms with Gasteiger partial charge in [-0.2, -0.15) is 0 Å². The van der Waals surface area contributed by atoms with E-state index in [4.69, 9.17) is 26.3 Å². The highest BCUT2D eigenvalue weighted by Crippen LogP contribution is 2.34. The first-order valence-electron chi connectivity index (χ1n) is 9.10. The predicted molar refractivity (Wildman–Crippen MR) is 111 cm³/mol. The number of nitrogens with one attached hydrogen (secondary N) is 1. The Hall–Kier alpha value is -2.18. The first kappa shape index (κ1) is 19.6. The largest absolute Gasteiger partial charge is 0.383 e. The van der Waals surface area contributed by atoms with Crippen molar-refractivity contribution in [3.05, 3.63) is 34.7 Å². The van der Waals surface area contributed by atoms with Crippen molar-refractivity contribution >= 4 is 28.6 Å². The number of hydrogen-bond acceptors (Lipinski definition) is 5. The van der Waals surface area contributed by atoms with Crippen LogP contribution in [0.2, 0.25) is 5.15 Å². The fraction of sp³-hybridized carbons (Fsp3) is 0.450. The molecule has 3 aromatic heterocycles. The number of aryl methyl sites for hydroxylation is 1. The predicted octanol–water partition coefficient (Wildman–Crippen LogP) is 4.83. The number of pyridine rings is 1. The molecule has 0 aliphatic rings. The summed E-state index contributed by atoms with van der Waals surface area (Å²) in [5, 5.41) is 3.52. The van der Waals surface area contributed by atoms with E-state index in [-0.39, 0.29) is 6.04 Å². The lowest BCUT2D eigenvalue weighted by molar-refractivity contribution is 0.163. The summed E-state index contributed by atoms with van der Waals surface area (Å²) in [5.74, 6) is 1.09. The molecule has 1 N–H and O–H groups in total. The van der Waals surface area contributed by atoms with Crippen molar-refractivity contribution < 1.29 is 4.74 Å². The second-order valence-electron chi connectivity index (χ2n) is 7.10. The van der Waals surface area contributed by atoms with Crippen LogP contribution in [-0.2, 0) is 4.74 Å². The summed E-state index contributed by atoms with van der Waals surface area (Å²) in [5.41, 5.74) is 5.16. The van der Waals surface area contributed by atoms with Gasteiger partial charge in [0.2, 0.25) is 0 Å². The van der Waals surface area contributed by atoms with Crippen LogP contribution in [0, 0.1) is 6.92 Å². The van der Waals surface area contributed by atoms with E-state index >= 15 is 0 Å². The van der Waals surface area contributed by atoms with Crippen LogP contribution in [0.15, 0.2) is 18.3 Å². The molecular formula is C20H26ClN5O. The average molecular weight is 388 g/mol. The van der Waals surface area contributed by atoms with Gasteiger partial charge in [0.15, 0.2) is 10.8 Å². The van der Waals surface area contributed by atoms with Gasteiger partial charge >= 0.3 is 0 Å². The molecule has 144 valence electrons. The van der Waals surface area contributed by atoms with Gasteiger partial charge in [-0.1, -0.05) is 25.4 Å². The molecule has 0 fully saturated rings. The average Bonchev–Trinajstić information content (AvgIpc) is 2.96. The molecule has 6 nitrogen and oxygen atoms in total. The number of rotatable bonds is 6. The van der Waals surface area contributed by atoms with Gasteiger partial charge in [0.05, 0.1) is 12.6 Å². The molecule has 7 heteroatoms. The van der Waals surface area contributed by atoms with Crippen LogP contribution < -0.4 is 5.32 Å². The van der Waals surface area contributed by atoms with Crippen LogP contribution in [0.3, 0.4) is 0 Å². The van der Waals surface area contributed by atoms with Crippen molar-refractivity contribution in [2.75, 3.05) is 26.1 Å². The maximum atomic E-state index is 6.56. The molecule has 3 rings (SSSR count). The highest BCUT2D eigenvalue weighted by molar-refractivity contribution is 6.32. The minimum Gasteiger partial charge on any atom is -0.383 e. The first-order valence-corrected chi connectivity index (χ1v) is 9.47. The van der Waals surface area contributed by atoms with Gasteiger partial charge in [-0.3, -0.25) is 0 Å². The van der Waals surface area contributed by atoms with E-state index in [1.807, 2.05) is 32.3 Å². The molecule has 0 aliphatic heterocycles. The zero-order valence-electron chi connectivity index (χ0n) is 16.7. The Morgan fingerprint density at radius 2 is 1.93 bits per heavy atom. The van der Waals surface area contributed by atoms with Crippen LogP contribution in [-0.4, -0.2) is 40.3 Å². The van der Waals surface area contributed by atoms with E-state index in [1.54, 1.807) is 7.11 Å². The SMILES string of the molecule is CNc1nc(C(C)C)ccc1-c1nc2c(C)cn(C(C)COC)c2nc1Cl. The summed E-state index contributed by atoms with van der Waals surface area (Å²) in [6, 6.07) is 4.17. The molecule has 0 saturated carbocycles. The number of anilines is 1. The number of methoxy groups -OCH3 is 1. The lowest BCUT2D eigenvalue weighted by Crippen LogP contribution is -2.10. The smallest absolute Gasteiger partial charge is 0.161 e. The zero-order valence-corrected chi connectivity index (χ0v) is 17.4. The van der Waals surface area contributed by atoms with Crippen molar-refractivity contribution in [1.29, 1.82) is 0 Å². The Labute approximate surface area is 164 Å². The monoisotopic (exact) mass is 387 g/mol. The standard InChI is InChI=1S/C20H26ClN5O/c1-11(2)15-8-7-14(19(22-5)23-15)17-18(21)25-20-16(24-17)12(3)9-26(20)13(4)10-27-6/h7-9,11,13H,10H2,1-6H3,(H,22,23). The molecule has 0 aliphatic carbocycles. The van der Waals surface area contributed by atoms with Crippen molar-refractivity contribution in [2.45, 2.75) is 39.7 Å². The number of aromatic nitrogens is 4. The maximum absolute atomic E-state index is 6.56. The van der Waals surface area contributed by atoms with E-state index in [1.165, 1.54) is 0 Å². The topological polar surface area (TPSA) is 64.9 Å². The van der Waals surface area contributed by atoms with Gasteiger partial charge in [0.1, 0.15) is 17.0 Å². The second-order valence-corrected chi connectivity index (χ2v) is 7.45. The maximum Gasteiger partial charge on any atom is 0.161 e. The van der Waals surface area contributed by atoms with E-state index in [0.717, 1.165) is 33.8 Å². The van der Waals surface area contributed by atoms with E-state index < -0.39 is 0 Å². The Morgan fingerprint density at radius 1 is 1.19 bits per heavy atom. The molecule has 0 aromatic carbocycles. The molecule has 3 aromatic rings. The number of fused-ring (bicyclic) bond motifs is 1. The zero-order chi connectivity index (χ0) is 19.7. The van der Waals surface area contributed by atoms with Crippen LogP contribution >= 0.6 is 11.6 Å². The molecule has 1 atom stereocenters. The van der Waals surface area contributed by atoms with E-state index in [0.29, 0.717) is 23.4 Å². The van der Waals surface area contributed by atoms with Gasteiger partial charge in [-0.25, -0.2) is 15.0 Å². The number of nitrogens with zero attached hydrogens (tertiary/aromatic N) is 4. The van der Waals surface area contributed by atoms with E-state index in [2.05, 4.69) is 35.6 Å². The summed E-state index contributed by atoms with van der Waals surface area (Å²) in [7, 11) is 3.54. The lowest BCUT2D eigenvalue weighted by atomic mass is 10.1. The van der Waals surface area contributed by atoms with Crippen LogP contribution in [0.1, 0.15) is 44.0 Å². The van der Waals surface area contributed by atoms with Gasteiger partial charge in [-0.05, 0) is 37.5 Å². The first-order chi connectivity index (χ1) is 12.9. The van der Waals surface area contributed by atoms with E-state index in [9.17, 15) is 0 Å². The molecule has 0 saturated heterocycles. The molecule has 0 radical (unpaired) electrons. The number of halogens is 1. The molecule has 0 spiro atoms. The van der Waals surface area contributed by atoms with Gasteiger partial charge in [0, 0.05) is 31.6 Å². The Balaban J connectivity index is 2.17. The molecule has 1 unspecified atom stereocenters. The van der Waals surface area contributed by atoms with Gasteiger partial charge in [0.25, 0.3) is 0 Å². The third-order valence-electron chi connectivity index (χ3n) is 4.67. The fourth-order valence-corrected chi connectivity index (χ4v) is 3.41. The highest BCUT2D eigenvalue weighted by atomic mass is 35.5. The third kappa shape index (κ3) is 3.64. The minimum absolute atomic E-state index is 0.141. The Kier molecular flexibility index (Phi) is 5.67. The quantitative estimate of drug-likeness (QED) is 0.656.